The Kier molecular flexibility index (Phi) is 8.95. The van der Waals surface area contributed by atoms with E-state index < -0.39 is 0 Å². The van der Waals surface area contributed by atoms with Gasteiger partial charge in [0, 0.05) is 20.1 Å². The zero-order valence-electron chi connectivity index (χ0n) is 15.1. The van der Waals surface area contributed by atoms with Gasteiger partial charge in [-0.05, 0) is 43.4 Å². The second-order valence-corrected chi connectivity index (χ2v) is 5.81. The van der Waals surface area contributed by atoms with Gasteiger partial charge in [-0.2, -0.15) is 0 Å². The lowest BCUT2D eigenvalue weighted by Crippen LogP contribution is -2.37. The lowest BCUT2D eigenvalue weighted by atomic mass is 10.1. The van der Waals surface area contributed by atoms with Gasteiger partial charge >= 0.3 is 0 Å². The highest BCUT2D eigenvalue weighted by atomic mass is 16.5. The molecule has 0 aliphatic rings. The largest absolute Gasteiger partial charge is 0.493 e. The molecule has 1 rings (SSSR count). The second kappa shape index (κ2) is 10.8. The van der Waals surface area contributed by atoms with Gasteiger partial charge < -0.3 is 20.1 Å². The molecule has 0 spiro atoms. The van der Waals surface area contributed by atoms with E-state index in [2.05, 4.69) is 29.5 Å². The molecule has 0 aromatic heterocycles. The molecule has 0 atom stereocenters. The van der Waals surface area contributed by atoms with Crippen molar-refractivity contribution in [1.82, 2.24) is 10.6 Å². The Bertz CT molecular complexity index is 487. The first-order chi connectivity index (χ1) is 11.1. The van der Waals surface area contributed by atoms with Crippen LogP contribution in [-0.4, -0.2) is 33.3 Å². The van der Waals surface area contributed by atoms with Crippen molar-refractivity contribution in [2.45, 2.75) is 40.2 Å². The van der Waals surface area contributed by atoms with Crippen LogP contribution in [0.15, 0.2) is 23.2 Å². The van der Waals surface area contributed by atoms with Gasteiger partial charge in [-0.1, -0.05) is 19.9 Å². The first-order valence-corrected chi connectivity index (χ1v) is 8.34. The number of methoxy groups -OCH3 is 1. The summed E-state index contributed by atoms with van der Waals surface area (Å²) in [6, 6.07) is 5.96. The van der Waals surface area contributed by atoms with Crippen LogP contribution in [0.3, 0.4) is 0 Å². The molecule has 2 N–H and O–H groups in total. The highest BCUT2D eigenvalue weighted by Gasteiger charge is 2.06. The fraction of sp³-hybridized carbons (Fsp3) is 0.611. The van der Waals surface area contributed by atoms with Crippen molar-refractivity contribution in [2.24, 2.45) is 10.9 Å². The van der Waals surface area contributed by atoms with Gasteiger partial charge in [-0.3, -0.25) is 4.99 Å². The molecular formula is C18H31N3O2. The van der Waals surface area contributed by atoms with Gasteiger partial charge in [0.05, 0.1) is 13.7 Å². The van der Waals surface area contributed by atoms with Crippen molar-refractivity contribution < 1.29 is 9.47 Å². The van der Waals surface area contributed by atoms with Crippen LogP contribution < -0.4 is 20.1 Å². The maximum atomic E-state index is 5.60. The molecule has 1 aromatic carbocycles. The van der Waals surface area contributed by atoms with Crippen LogP contribution in [0.2, 0.25) is 0 Å². The number of hydrogen-bond donors (Lipinski definition) is 2. The molecule has 0 aliphatic heterocycles. The number of aliphatic imine (C=N–C) groups is 1. The molecule has 5 nitrogen and oxygen atoms in total. The third-order valence-corrected chi connectivity index (χ3v) is 3.46. The van der Waals surface area contributed by atoms with E-state index in [-0.39, 0.29) is 0 Å². The Morgan fingerprint density at radius 2 is 2.00 bits per heavy atom. The zero-order chi connectivity index (χ0) is 17.1. The summed E-state index contributed by atoms with van der Waals surface area (Å²) in [5.41, 5.74) is 1.12. The molecule has 0 saturated carbocycles. The van der Waals surface area contributed by atoms with Crippen molar-refractivity contribution >= 4 is 5.96 Å². The van der Waals surface area contributed by atoms with Gasteiger partial charge in [0.2, 0.25) is 0 Å². The second-order valence-electron chi connectivity index (χ2n) is 5.81. The predicted molar refractivity (Wildman–Crippen MR) is 96.4 cm³/mol. The van der Waals surface area contributed by atoms with Crippen LogP contribution in [-0.2, 0) is 6.54 Å². The number of nitrogens with one attached hydrogen (secondary N) is 2. The summed E-state index contributed by atoms with van der Waals surface area (Å²) in [6.07, 6.45) is 2.37. The minimum Gasteiger partial charge on any atom is -0.493 e. The number of nitrogens with zero attached hydrogens (tertiary/aromatic N) is 1. The average molecular weight is 321 g/mol. The van der Waals surface area contributed by atoms with Gasteiger partial charge in [0.1, 0.15) is 0 Å². The van der Waals surface area contributed by atoms with Crippen molar-refractivity contribution in [3.8, 4) is 11.5 Å². The first-order valence-electron chi connectivity index (χ1n) is 8.34. The molecule has 0 unspecified atom stereocenters. The van der Waals surface area contributed by atoms with Crippen LogP contribution in [0, 0.1) is 5.92 Å². The maximum Gasteiger partial charge on any atom is 0.191 e. The average Bonchev–Trinajstić information content (AvgIpc) is 2.54. The quantitative estimate of drug-likeness (QED) is 0.417. The molecule has 0 saturated heterocycles. The molecule has 5 heteroatoms. The van der Waals surface area contributed by atoms with Crippen LogP contribution in [0.5, 0.6) is 11.5 Å². The van der Waals surface area contributed by atoms with E-state index in [0.29, 0.717) is 13.2 Å². The minimum atomic E-state index is 0.617. The summed E-state index contributed by atoms with van der Waals surface area (Å²) >= 11 is 0. The van der Waals surface area contributed by atoms with E-state index >= 15 is 0 Å². The minimum absolute atomic E-state index is 0.617. The fourth-order valence-corrected chi connectivity index (χ4v) is 2.22. The van der Waals surface area contributed by atoms with E-state index in [1.165, 1.54) is 6.42 Å². The number of rotatable bonds is 9. The third kappa shape index (κ3) is 7.26. The molecule has 0 radical (unpaired) electrons. The molecule has 0 bridgehead atoms. The molecule has 130 valence electrons. The van der Waals surface area contributed by atoms with E-state index in [0.717, 1.165) is 41.9 Å². The SMILES string of the molecule is CCOc1cc(CNC(=NC)NCCCC(C)C)ccc1OC. The molecule has 0 heterocycles. The van der Waals surface area contributed by atoms with Crippen LogP contribution >= 0.6 is 0 Å². The Hall–Kier alpha value is -1.91. The number of guanidine groups is 1. The van der Waals surface area contributed by atoms with Crippen LogP contribution in [0.1, 0.15) is 39.2 Å². The van der Waals surface area contributed by atoms with Gasteiger partial charge in [-0.25, -0.2) is 0 Å². The topological polar surface area (TPSA) is 54.9 Å². The fourth-order valence-electron chi connectivity index (χ4n) is 2.22. The third-order valence-electron chi connectivity index (χ3n) is 3.46. The van der Waals surface area contributed by atoms with Crippen molar-refractivity contribution in [2.75, 3.05) is 27.3 Å². The van der Waals surface area contributed by atoms with Crippen molar-refractivity contribution in [3.63, 3.8) is 0 Å². The van der Waals surface area contributed by atoms with E-state index in [1.807, 2.05) is 25.1 Å². The van der Waals surface area contributed by atoms with Crippen molar-refractivity contribution in [1.29, 1.82) is 0 Å². The van der Waals surface area contributed by atoms with E-state index in [9.17, 15) is 0 Å². The summed E-state index contributed by atoms with van der Waals surface area (Å²) in [7, 11) is 3.44. The summed E-state index contributed by atoms with van der Waals surface area (Å²) in [5, 5.41) is 6.66. The summed E-state index contributed by atoms with van der Waals surface area (Å²) < 4.78 is 10.9. The lowest BCUT2D eigenvalue weighted by Gasteiger charge is -2.14. The Balaban J connectivity index is 2.50. The summed E-state index contributed by atoms with van der Waals surface area (Å²) in [6.45, 7) is 8.69. The van der Waals surface area contributed by atoms with E-state index in [4.69, 9.17) is 9.47 Å². The standard InChI is InChI=1S/C18H31N3O2/c1-6-23-17-12-15(9-10-16(17)22-5)13-21-18(19-4)20-11-7-8-14(2)3/h9-10,12,14H,6-8,11,13H2,1-5H3,(H2,19,20,21). The Morgan fingerprint density at radius 1 is 1.22 bits per heavy atom. The van der Waals surface area contributed by atoms with Crippen LogP contribution in [0.4, 0.5) is 0 Å². The normalized spacial score (nSPS) is 11.5. The van der Waals surface area contributed by atoms with Gasteiger partial charge in [-0.15, -0.1) is 0 Å². The first kappa shape index (κ1) is 19.1. The molecule has 0 amide bonds. The highest BCUT2D eigenvalue weighted by Crippen LogP contribution is 2.27. The smallest absolute Gasteiger partial charge is 0.191 e. The zero-order valence-corrected chi connectivity index (χ0v) is 15.1. The molecule has 0 fully saturated rings. The molecule has 23 heavy (non-hydrogen) atoms. The lowest BCUT2D eigenvalue weighted by molar-refractivity contribution is 0.310. The van der Waals surface area contributed by atoms with Crippen LogP contribution in [0.25, 0.3) is 0 Å². The van der Waals surface area contributed by atoms with Gasteiger partial charge in [0.15, 0.2) is 17.5 Å². The maximum absolute atomic E-state index is 5.60. The molecular weight excluding hydrogens is 290 g/mol. The molecule has 1 aromatic rings. The molecule has 0 aliphatic carbocycles. The van der Waals surface area contributed by atoms with Crippen molar-refractivity contribution in [3.05, 3.63) is 23.8 Å². The summed E-state index contributed by atoms with van der Waals surface area (Å²) in [4.78, 5) is 4.25. The monoisotopic (exact) mass is 321 g/mol. The summed E-state index contributed by atoms with van der Waals surface area (Å²) in [5.74, 6) is 3.09. The Labute approximate surface area is 140 Å². The van der Waals surface area contributed by atoms with Gasteiger partial charge in [0.25, 0.3) is 0 Å². The Morgan fingerprint density at radius 3 is 2.61 bits per heavy atom. The van der Waals surface area contributed by atoms with E-state index in [1.54, 1.807) is 14.2 Å². The number of hydrogen-bond acceptors (Lipinski definition) is 3. The predicted octanol–water partition coefficient (Wildman–Crippen LogP) is 3.20. The highest BCUT2D eigenvalue weighted by molar-refractivity contribution is 5.79. The number of benzene rings is 1. The number of ether oxygens (including phenoxy) is 2.